The summed E-state index contributed by atoms with van der Waals surface area (Å²) in [6.45, 7) is 3.65. The first-order valence-electron chi connectivity index (χ1n) is 9.67. The molecular formula is C24H24FNO4. The lowest BCUT2D eigenvalue weighted by Crippen LogP contribution is -2.45. The largest absolute Gasteiger partial charge is 0.497 e. The van der Waals surface area contributed by atoms with Gasteiger partial charge in [0.15, 0.2) is 0 Å². The number of hydrogen-bond donors (Lipinski definition) is 1. The van der Waals surface area contributed by atoms with Gasteiger partial charge in [-0.1, -0.05) is 44.2 Å². The predicted molar refractivity (Wildman–Crippen MR) is 113 cm³/mol. The molecule has 0 spiro atoms. The summed E-state index contributed by atoms with van der Waals surface area (Å²) in [5.41, 5.74) is 0.713. The Labute approximate surface area is 174 Å². The molecule has 0 heterocycles. The van der Waals surface area contributed by atoms with Crippen molar-refractivity contribution in [2.24, 2.45) is 5.92 Å². The van der Waals surface area contributed by atoms with Crippen LogP contribution in [-0.2, 0) is 16.1 Å². The number of carbonyl (C=O) groups excluding carboxylic acids is 2. The molecule has 6 heteroatoms. The Balaban J connectivity index is 1.67. The summed E-state index contributed by atoms with van der Waals surface area (Å²) < 4.78 is 24.5. The van der Waals surface area contributed by atoms with Crippen LogP contribution in [0.2, 0.25) is 0 Å². The van der Waals surface area contributed by atoms with Crippen molar-refractivity contribution in [3.05, 3.63) is 77.6 Å². The molecule has 1 atom stereocenters. The van der Waals surface area contributed by atoms with Crippen LogP contribution in [-0.4, -0.2) is 25.0 Å². The first-order chi connectivity index (χ1) is 14.4. The van der Waals surface area contributed by atoms with Gasteiger partial charge in [-0.2, -0.15) is 0 Å². The van der Waals surface area contributed by atoms with E-state index < -0.39 is 23.7 Å². The molecule has 0 aromatic heterocycles. The fourth-order valence-corrected chi connectivity index (χ4v) is 3.10. The lowest BCUT2D eigenvalue weighted by molar-refractivity contribution is -0.148. The van der Waals surface area contributed by atoms with Gasteiger partial charge < -0.3 is 14.8 Å². The highest BCUT2D eigenvalue weighted by atomic mass is 19.1. The van der Waals surface area contributed by atoms with Gasteiger partial charge in [0.1, 0.15) is 24.2 Å². The highest BCUT2D eigenvalue weighted by Gasteiger charge is 2.27. The molecule has 1 N–H and O–H groups in total. The molecule has 0 radical (unpaired) electrons. The second kappa shape index (κ2) is 9.39. The minimum Gasteiger partial charge on any atom is -0.497 e. The number of ether oxygens (including phenoxy) is 2. The number of fused-ring (bicyclic) bond motifs is 1. The summed E-state index contributed by atoms with van der Waals surface area (Å²) in [5, 5.41) is 4.60. The van der Waals surface area contributed by atoms with Crippen LogP contribution >= 0.6 is 0 Å². The van der Waals surface area contributed by atoms with Gasteiger partial charge in [0, 0.05) is 0 Å². The van der Waals surface area contributed by atoms with E-state index in [1.165, 1.54) is 18.2 Å². The van der Waals surface area contributed by atoms with Crippen LogP contribution in [0.5, 0.6) is 5.75 Å². The van der Waals surface area contributed by atoms with E-state index in [1.807, 2.05) is 36.4 Å². The van der Waals surface area contributed by atoms with Crippen molar-refractivity contribution in [2.45, 2.75) is 26.5 Å². The highest BCUT2D eigenvalue weighted by molar-refractivity contribution is 5.97. The number of carbonyl (C=O) groups is 2. The van der Waals surface area contributed by atoms with E-state index in [-0.39, 0.29) is 18.1 Å². The quantitative estimate of drug-likeness (QED) is 0.584. The second-order valence-corrected chi connectivity index (χ2v) is 7.33. The molecule has 0 aliphatic carbocycles. The number of halogens is 1. The second-order valence-electron chi connectivity index (χ2n) is 7.33. The fourth-order valence-electron chi connectivity index (χ4n) is 3.10. The highest BCUT2D eigenvalue weighted by Crippen LogP contribution is 2.22. The van der Waals surface area contributed by atoms with E-state index in [4.69, 9.17) is 9.47 Å². The first kappa shape index (κ1) is 21.3. The van der Waals surface area contributed by atoms with Crippen molar-refractivity contribution in [3.63, 3.8) is 0 Å². The molecule has 1 amide bonds. The Morgan fingerprint density at radius 2 is 1.70 bits per heavy atom. The monoisotopic (exact) mass is 409 g/mol. The van der Waals surface area contributed by atoms with Gasteiger partial charge in [0.25, 0.3) is 5.91 Å². The van der Waals surface area contributed by atoms with Crippen molar-refractivity contribution >= 4 is 22.6 Å². The number of esters is 1. The van der Waals surface area contributed by atoms with E-state index in [1.54, 1.807) is 27.0 Å². The molecule has 0 bridgehead atoms. The lowest BCUT2D eigenvalue weighted by Gasteiger charge is -2.21. The van der Waals surface area contributed by atoms with E-state index in [0.717, 1.165) is 22.1 Å². The zero-order valence-corrected chi connectivity index (χ0v) is 17.1. The van der Waals surface area contributed by atoms with Crippen molar-refractivity contribution in [1.29, 1.82) is 0 Å². The SMILES string of the molecule is COc1ccc2cc(COC(=O)C(NC(=O)c3ccccc3F)C(C)C)ccc2c1. The van der Waals surface area contributed by atoms with Gasteiger partial charge in [-0.15, -0.1) is 0 Å². The number of nitrogens with one attached hydrogen (secondary N) is 1. The third-order valence-electron chi connectivity index (χ3n) is 4.82. The third-order valence-corrected chi connectivity index (χ3v) is 4.82. The van der Waals surface area contributed by atoms with Gasteiger partial charge in [0.2, 0.25) is 0 Å². The number of benzene rings is 3. The Kier molecular flexibility index (Phi) is 6.67. The molecule has 0 fully saturated rings. The van der Waals surface area contributed by atoms with Crippen LogP contribution in [0.15, 0.2) is 60.7 Å². The fraction of sp³-hybridized carbons (Fsp3) is 0.250. The van der Waals surface area contributed by atoms with Gasteiger partial charge in [-0.25, -0.2) is 9.18 Å². The van der Waals surface area contributed by atoms with Crippen LogP contribution in [0.25, 0.3) is 10.8 Å². The normalized spacial score (nSPS) is 11.9. The minimum absolute atomic E-state index is 0.0690. The number of hydrogen-bond acceptors (Lipinski definition) is 4. The first-order valence-corrected chi connectivity index (χ1v) is 9.67. The van der Waals surface area contributed by atoms with Gasteiger partial charge >= 0.3 is 5.97 Å². The summed E-state index contributed by atoms with van der Waals surface area (Å²) in [7, 11) is 1.62. The average Bonchev–Trinajstić information content (AvgIpc) is 2.75. The summed E-state index contributed by atoms with van der Waals surface area (Å²) in [5.74, 6) is -1.31. The molecule has 3 aromatic rings. The van der Waals surface area contributed by atoms with Gasteiger partial charge in [-0.05, 0) is 52.6 Å². The topological polar surface area (TPSA) is 64.6 Å². The summed E-state index contributed by atoms with van der Waals surface area (Å²) in [6.07, 6.45) is 0. The van der Waals surface area contributed by atoms with Crippen LogP contribution in [0.4, 0.5) is 4.39 Å². The molecule has 0 saturated heterocycles. The smallest absolute Gasteiger partial charge is 0.329 e. The van der Waals surface area contributed by atoms with E-state index in [0.29, 0.717) is 0 Å². The Morgan fingerprint density at radius 1 is 1.00 bits per heavy atom. The standard InChI is InChI=1S/C24H24FNO4/c1-15(2)22(26-23(27)20-6-4-5-7-21(20)25)24(28)30-14-16-8-9-18-13-19(29-3)11-10-17(18)12-16/h4-13,15,22H,14H2,1-3H3,(H,26,27). The zero-order valence-electron chi connectivity index (χ0n) is 17.1. The molecule has 5 nitrogen and oxygen atoms in total. The number of amides is 1. The summed E-state index contributed by atoms with van der Waals surface area (Å²) >= 11 is 0. The average molecular weight is 409 g/mol. The molecule has 0 aliphatic heterocycles. The Morgan fingerprint density at radius 3 is 2.40 bits per heavy atom. The zero-order chi connectivity index (χ0) is 21.7. The van der Waals surface area contributed by atoms with Crippen molar-refractivity contribution in [3.8, 4) is 5.75 Å². The molecule has 156 valence electrons. The summed E-state index contributed by atoms with van der Waals surface area (Å²) in [6, 6.07) is 16.2. The van der Waals surface area contributed by atoms with Crippen LogP contribution in [0.1, 0.15) is 29.8 Å². The molecule has 0 saturated carbocycles. The third kappa shape index (κ3) is 4.95. The maximum atomic E-state index is 13.9. The summed E-state index contributed by atoms with van der Waals surface area (Å²) in [4.78, 5) is 25.0. The van der Waals surface area contributed by atoms with Crippen LogP contribution in [0.3, 0.4) is 0 Å². The Hall–Kier alpha value is -3.41. The number of methoxy groups -OCH3 is 1. The maximum Gasteiger partial charge on any atom is 0.329 e. The van der Waals surface area contributed by atoms with Gasteiger partial charge in [0.05, 0.1) is 12.7 Å². The molecule has 0 aliphatic rings. The molecule has 3 rings (SSSR count). The van der Waals surface area contributed by atoms with E-state index in [9.17, 15) is 14.0 Å². The molecular weight excluding hydrogens is 385 g/mol. The van der Waals surface area contributed by atoms with E-state index in [2.05, 4.69) is 5.32 Å². The molecule has 3 aromatic carbocycles. The Bertz CT molecular complexity index is 1060. The van der Waals surface area contributed by atoms with Crippen molar-refractivity contribution in [1.82, 2.24) is 5.32 Å². The maximum absolute atomic E-state index is 13.9. The molecule has 1 unspecified atom stereocenters. The van der Waals surface area contributed by atoms with Crippen LogP contribution < -0.4 is 10.1 Å². The van der Waals surface area contributed by atoms with Crippen molar-refractivity contribution in [2.75, 3.05) is 7.11 Å². The molecule has 30 heavy (non-hydrogen) atoms. The minimum atomic E-state index is -0.887. The lowest BCUT2D eigenvalue weighted by atomic mass is 10.0. The number of rotatable bonds is 7. The predicted octanol–water partition coefficient (Wildman–Crippen LogP) is 4.49. The van der Waals surface area contributed by atoms with E-state index >= 15 is 0 Å². The van der Waals surface area contributed by atoms with Crippen LogP contribution in [0, 0.1) is 11.7 Å². The van der Waals surface area contributed by atoms with Gasteiger partial charge in [-0.3, -0.25) is 4.79 Å². The van der Waals surface area contributed by atoms with Crippen molar-refractivity contribution < 1.29 is 23.5 Å².